The van der Waals surface area contributed by atoms with E-state index < -0.39 is 6.04 Å². The Labute approximate surface area is 110 Å². The normalized spacial score (nSPS) is 12.6. The molecule has 102 valence electrons. The van der Waals surface area contributed by atoms with Gasteiger partial charge in [-0.15, -0.1) is 0 Å². The number of hydrogen-bond acceptors (Lipinski definition) is 5. The number of anilines is 1. The number of hydrogen-bond donors (Lipinski definition) is 2. The lowest BCUT2D eigenvalue weighted by atomic mass is 10.2. The predicted molar refractivity (Wildman–Crippen MR) is 71.7 cm³/mol. The summed E-state index contributed by atoms with van der Waals surface area (Å²) in [6, 6.07) is 1.14. The summed E-state index contributed by atoms with van der Waals surface area (Å²) in [5, 5.41) is 7.89. The number of pyridine rings is 1. The number of methoxy groups -OCH3 is 1. The number of carbonyl (C=O) groups is 1. The minimum absolute atomic E-state index is 0.174. The molecule has 7 heteroatoms. The Balaban J connectivity index is 2.22. The van der Waals surface area contributed by atoms with Gasteiger partial charge in [-0.1, -0.05) is 0 Å². The quantitative estimate of drug-likeness (QED) is 0.821. The van der Waals surface area contributed by atoms with Crippen LogP contribution in [0.5, 0.6) is 0 Å². The van der Waals surface area contributed by atoms with Gasteiger partial charge in [0.1, 0.15) is 6.04 Å². The molecule has 0 saturated heterocycles. The number of carbonyl (C=O) groups excluding carboxylic acids is 1. The first kappa shape index (κ1) is 13.4. The van der Waals surface area contributed by atoms with Gasteiger partial charge < -0.3 is 15.8 Å². The molecule has 2 heterocycles. The van der Waals surface area contributed by atoms with Crippen LogP contribution in [0.25, 0.3) is 11.0 Å². The third-order valence-electron chi connectivity index (χ3n) is 2.81. The zero-order chi connectivity index (χ0) is 14.0. The lowest BCUT2D eigenvalue weighted by molar-refractivity contribution is -0.118. The van der Waals surface area contributed by atoms with Gasteiger partial charge in [0.15, 0.2) is 5.65 Å². The number of amides is 1. The minimum atomic E-state index is -0.698. The van der Waals surface area contributed by atoms with E-state index in [1.807, 2.05) is 20.0 Å². The smallest absolute Gasteiger partial charge is 0.243 e. The minimum Gasteiger partial charge on any atom is -0.383 e. The van der Waals surface area contributed by atoms with Crippen LogP contribution in [0.3, 0.4) is 0 Å². The molecule has 2 aromatic heterocycles. The second kappa shape index (κ2) is 5.33. The van der Waals surface area contributed by atoms with Gasteiger partial charge >= 0.3 is 0 Å². The number of ether oxygens (including phenoxy) is 1. The van der Waals surface area contributed by atoms with Crippen molar-refractivity contribution in [1.29, 1.82) is 0 Å². The lowest BCUT2D eigenvalue weighted by Gasteiger charge is -2.11. The molecule has 2 rings (SSSR count). The Bertz CT molecular complexity index is 607. The maximum Gasteiger partial charge on any atom is 0.243 e. The Morgan fingerprint density at radius 2 is 2.37 bits per heavy atom. The number of nitrogens with one attached hydrogen (secondary N) is 1. The molecule has 7 nitrogen and oxygen atoms in total. The molecule has 0 aliphatic carbocycles. The molecule has 1 unspecified atom stereocenters. The third-order valence-corrected chi connectivity index (χ3v) is 2.81. The van der Waals surface area contributed by atoms with E-state index in [-0.39, 0.29) is 12.5 Å². The van der Waals surface area contributed by atoms with Crippen LogP contribution in [0, 0.1) is 6.92 Å². The van der Waals surface area contributed by atoms with Crippen LogP contribution in [0.15, 0.2) is 12.3 Å². The van der Waals surface area contributed by atoms with E-state index in [1.165, 1.54) is 7.11 Å². The standard InChI is InChI=1S/C12H17N5O2/c1-7-9-4-8(5-14-11(9)17(2)16-7)15-12(18)10(13)6-19-3/h4-5,10H,6,13H2,1-3H3,(H,15,18). The highest BCUT2D eigenvalue weighted by Gasteiger charge is 2.14. The van der Waals surface area contributed by atoms with Crippen molar-refractivity contribution in [2.24, 2.45) is 12.8 Å². The first-order chi connectivity index (χ1) is 9.02. The highest BCUT2D eigenvalue weighted by Crippen LogP contribution is 2.19. The molecular formula is C12H17N5O2. The highest BCUT2D eigenvalue weighted by molar-refractivity contribution is 5.96. The fourth-order valence-corrected chi connectivity index (χ4v) is 1.87. The van der Waals surface area contributed by atoms with E-state index in [2.05, 4.69) is 15.4 Å². The maximum atomic E-state index is 11.8. The van der Waals surface area contributed by atoms with Gasteiger partial charge in [0.2, 0.25) is 5.91 Å². The van der Waals surface area contributed by atoms with Crippen LogP contribution < -0.4 is 11.1 Å². The summed E-state index contributed by atoms with van der Waals surface area (Å²) >= 11 is 0. The molecule has 0 spiro atoms. The number of nitrogens with zero attached hydrogens (tertiary/aromatic N) is 3. The van der Waals surface area contributed by atoms with Gasteiger partial charge in [0.05, 0.1) is 24.2 Å². The first-order valence-corrected chi connectivity index (χ1v) is 5.87. The number of rotatable bonds is 4. The van der Waals surface area contributed by atoms with Crippen LogP contribution >= 0.6 is 0 Å². The molecule has 19 heavy (non-hydrogen) atoms. The van der Waals surface area contributed by atoms with Crippen molar-refractivity contribution in [1.82, 2.24) is 14.8 Å². The summed E-state index contributed by atoms with van der Waals surface area (Å²) in [7, 11) is 3.33. The fourth-order valence-electron chi connectivity index (χ4n) is 1.87. The van der Waals surface area contributed by atoms with E-state index in [0.717, 1.165) is 16.7 Å². The Kier molecular flexibility index (Phi) is 3.77. The van der Waals surface area contributed by atoms with Crippen molar-refractivity contribution in [3.8, 4) is 0 Å². The SMILES string of the molecule is COCC(N)C(=O)Nc1cnc2c(c1)c(C)nn2C. The molecule has 1 amide bonds. The monoisotopic (exact) mass is 263 g/mol. The summed E-state index contributed by atoms with van der Waals surface area (Å²) in [6.45, 7) is 2.07. The van der Waals surface area contributed by atoms with E-state index in [1.54, 1.807) is 10.9 Å². The van der Waals surface area contributed by atoms with Crippen molar-refractivity contribution in [2.75, 3.05) is 19.0 Å². The summed E-state index contributed by atoms with van der Waals surface area (Å²) < 4.78 is 6.54. The Morgan fingerprint density at radius 1 is 1.63 bits per heavy atom. The van der Waals surface area contributed by atoms with Crippen LogP contribution in [-0.4, -0.2) is 40.4 Å². The summed E-state index contributed by atoms with van der Waals surface area (Å²) in [4.78, 5) is 16.0. The number of fused-ring (bicyclic) bond motifs is 1. The van der Waals surface area contributed by atoms with Crippen LogP contribution in [-0.2, 0) is 16.6 Å². The predicted octanol–water partition coefficient (Wildman–Crippen LogP) is 0.189. The number of aromatic nitrogens is 3. The van der Waals surface area contributed by atoms with Crippen molar-refractivity contribution >= 4 is 22.6 Å². The first-order valence-electron chi connectivity index (χ1n) is 5.87. The largest absolute Gasteiger partial charge is 0.383 e. The molecule has 0 aliphatic rings. The second-order valence-electron chi connectivity index (χ2n) is 4.36. The van der Waals surface area contributed by atoms with E-state index >= 15 is 0 Å². The molecule has 0 aromatic carbocycles. The zero-order valence-corrected chi connectivity index (χ0v) is 11.2. The van der Waals surface area contributed by atoms with Gasteiger partial charge in [-0.2, -0.15) is 5.10 Å². The third kappa shape index (κ3) is 2.72. The fraction of sp³-hybridized carbons (Fsp3) is 0.417. The number of aryl methyl sites for hydroxylation is 2. The van der Waals surface area contributed by atoms with E-state index in [4.69, 9.17) is 10.5 Å². The van der Waals surface area contributed by atoms with Gasteiger partial charge in [-0.05, 0) is 13.0 Å². The van der Waals surface area contributed by atoms with Crippen molar-refractivity contribution < 1.29 is 9.53 Å². The van der Waals surface area contributed by atoms with E-state index in [9.17, 15) is 4.79 Å². The average Bonchev–Trinajstić information content (AvgIpc) is 2.65. The Hall–Kier alpha value is -1.99. The van der Waals surface area contributed by atoms with Gasteiger partial charge in [-0.25, -0.2) is 4.98 Å². The van der Waals surface area contributed by atoms with Crippen molar-refractivity contribution in [3.63, 3.8) is 0 Å². The highest BCUT2D eigenvalue weighted by atomic mass is 16.5. The maximum absolute atomic E-state index is 11.8. The molecule has 3 N–H and O–H groups in total. The molecule has 2 aromatic rings. The number of nitrogens with two attached hydrogens (primary N) is 1. The second-order valence-corrected chi connectivity index (χ2v) is 4.36. The molecule has 0 radical (unpaired) electrons. The van der Waals surface area contributed by atoms with Gasteiger partial charge in [-0.3, -0.25) is 9.48 Å². The zero-order valence-electron chi connectivity index (χ0n) is 11.2. The summed E-state index contributed by atoms with van der Waals surface area (Å²) in [5.41, 5.74) is 7.88. The van der Waals surface area contributed by atoms with Crippen molar-refractivity contribution in [2.45, 2.75) is 13.0 Å². The van der Waals surface area contributed by atoms with Gasteiger partial charge in [0.25, 0.3) is 0 Å². The van der Waals surface area contributed by atoms with Crippen LogP contribution in [0.1, 0.15) is 5.69 Å². The molecular weight excluding hydrogens is 246 g/mol. The molecule has 0 saturated carbocycles. The summed E-state index contributed by atoms with van der Waals surface area (Å²) in [5.74, 6) is -0.301. The molecule has 0 bridgehead atoms. The molecule has 0 aliphatic heterocycles. The van der Waals surface area contributed by atoms with Crippen molar-refractivity contribution in [3.05, 3.63) is 18.0 Å². The topological polar surface area (TPSA) is 95.1 Å². The van der Waals surface area contributed by atoms with Crippen LogP contribution in [0.4, 0.5) is 5.69 Å². The average molecular weight is 263 g/mol. The molecule has 0 fully saturated rings. The van der Waals surface area contributed by atoms with Gasteiger partial charge in [0, 0.05) is 19.5 Å². The van der Waals surface area contributed by atoms with Crippen LogP contribution in [0.2, 0.25) is 0 Å². The lowest BCUT2D eigenvalue weighted by Crippen LogP contribution is -2.39. The van der Waals surface area contributed by atoms with E-state index in [0.29, 0.717) is 5.69 Å². The summed E-state index contributed by atoms with van der Waals surface area (Å²) in [6.07, 6.45) is 1.58. The Morgan fingerprint density at radius 3 is 3.05 bits per heavy atom. The molecule has 1 atom stereocenters.